The van der Waals surface area contributed by atoms with Crippen molar-refractivity contribution >= 4 is 17.5 Å². The van der Waals surface area contributed by atoms with Crippen LogP contribution in [0.5, 0.6) is 0 Å². The number of aromatic nitrogens is 1. The van der Waals surface area contributed by atoms with E-state index < -0.39 is 5.41 Å². The molecule has 3 aliphatic rings. The highest BCUT2D eigenvalue weighted by molar-refractivity contribution is 6.05. The van der Waals surface area contributed by atoms with Crippen molar-refractivity contribution in [3.63, 3.8) is 0 Å². The van der Waals surface area contributed by atoms with Gasteiger partial charge in [-0.15, -0.1) is 0 Å². The number of hydrogen-bond donors (Lipinski definition) is 1. The highest BCUT2D eigenvalue weighted by Gasteiger charge is 2.50. The maximum Gasteiger partial charge on any atom is 0.236 e. The van der Waals surface area contributed by atoms with Gasteiger partial charge < -0.3 is 10.2 Å². The zero-order chi connectivity index (χ0) is 18.3. The van der Waals surface area contributed by atoms with Crippen molar-refractivity contribution in [3.05, 3.63) is 23.5 Å². The van der Waals surface area contributed by atoms with E-state index in [1.54, 1.807) is 6.92 Å². The molecule has 0 atom stereocenters. The van der Waals surface area contributed by atoms with Crippen molar-refractivity contribution in [2.75, 3.05) is 31.5 Å². The summed E-state index contributed by atoms with van der Waals surface area (Å²) in [5, 5.41) is 3.05. The lowest BCUT2D eigenvalue weighted by Crippen LogP contribution is -2.46. The minimum atomic E-state index is -0.435. The van der Waals surface area contributed by atoms with Gasteiger partial charge in [-0.25, -0.2) is 0 Å². The number of fused-ring (bicyclic) bond motifs is 2. The van der Waals surface area contributed by atoms with Crippen molar-refractivity contribution in [2.24, 2.45) is 0 Å². The first-order valence-corrected chi connectivity index (χ1v) is 9.79. The number of pyridine rings is 1. The fraction of sp³-hybridized carbons (Fsp3) is 0.650. The molecule has 2 amide bonds. The summed E-state index contributed by atoms with van der Waals surface area (Å²) < 4.78 is 0. The van der Waals surface area contributed by atoms with Gasteiger partial charge in [0.1, 0.15) is 0 Å². The largest absolute Gasteiger partial charge is 0.342 e. The number of hydrogen-bond acceptors (Lipinski definition) is 4. The maximum atomic E-state index is 12.8. The van der Waals surface area contributed by atoms with Gasteiger partial charge >= 0.3 is 0 Å². The predicted octanol–water partition coefficient (Wildman–Crippen LogP) is 2.08. The van der Waals surface area contributed by atoms with Crippen molar-refractivity contribution in [3.8, 4) is 0 Å². The van der Waals surface area contributed by atoms with E-state index in [0.717, 1.165) is 75.4 Å². The molecule has 4 rings (SSSR count). The summed E-state index contributed by atoms with van der Waals surface area (Å²) >= 11 is 0. The molecule has 2 aliphatic heterocycles. The molecule has 140 valence electrons. The fourth-order valence-electron chi connectivity index (χ4n) is 4.91. The van der Waals surface area contributed by atoms with Gasteiger partial charge in [-0.05, 0) is 51.2 Å². The lowest BCUT2D eigenvalue weighted by Gasteiger charge is -2.40. The molecule has 0 radical (unpaired) electrons. The van der Waals surface area contributed by atoms with Gasteiger partial charge in [0.15, 0.2) is 0 Å². The summed E-state index contributed by atoms with van der Waals surface area (Å²) in [5.74, 6) is 0.304. The first-order chi connectivity index (χ1) is 12.5. The molecule has 26 heavy (non-hydrogen) atoms. The minimum Gasteiger partial charge on any atom is -0.342 e. The Morgan fingerprint density at radius 1 is 1.19 bits per heavy atom. The van der Waals surface area contributed by atoms with Crippen LogP contribution in [0, 0.1) is 6.92 Å². The zero-order valence-corrected chi connectivity index (χ0v) is 15.8. The Morgan fingerprint density at radius 2 is 1.96 bits per heavy atom. The number of amides is 2. The predicted molar refractivity (Wildman–Crippen MR) is 100.0 cm³/mol. The third-order valence-corrected chi connectivity index (χ3v) is 6.47. The molecule has 0 aromatic carbocycles. The third kappa shape index (κ3) is 2.90. The highest BCUT2D eigenvalue weighted by Crippen LogP contribution is 2.47. The van der Waals surface area contributed by atoms with E-state index in [0.29, 0.717) is 6.04 Å². The Hall–Kier alpha value is -1.95. The molecule has 0 unspecified atom stereocenters. The summed E-state index contributed by atoms with van der Waals surface area (Å²) in [6.07, 6.45) is 4.79. The van der Waals surface area contributed by atoms with Crippen LogP contribution in [-0.4, -0.2) is 58.8 Å². The van der Waals surface area contributed by atoms with E-state index in [-0.39, 0.29) is 11.8 Å². The van der Waals surface area contributed by atoms with E-state index in [1.165, 1.54) is 0 Å². The van der Waals surface area contributed by atoms with Crippen LogP contribution in [0.15, 0.2) is 12.1 Å². The van der Waals surface area contributed by atoms with E-state index in [1.807, 2.05) is 24.0 Å². The number of rotatable bonds is 1. The molecule has 6 nitrogen and oxygen atoms in total. The summed E-state index contributed by atoms with van der Waals surface area (Å²) in [4.78, 5) is 33.6. The molecule has 6 heteroatoms. The summed E-state index contributed by atoms with van der Waals surface area (Å²) in [5.41, 5.74) is 2.39. The van der Waals surface area contributed by atoms with Crippen LogP contribution in [0.3, 0.4) is 0 Å². The first-order valence-electron chi connectivity index (χ1n) is 9.79. The van der Waals surface area contributed by atoms with Gasteiger partial charge in [-0.3, -0.25) is 19.5 Å². The molecule has 1 aromatic heterocycles. The number of nitrogens with one attached hydrogen (secondary N) is 1. The number of carbonyl (C=O) groups is 2. The van der Waals surface area contributed by atoms with Crippen LogP contribution in [-0.2, 0) is 15.0 Å². The highest BCUT2D eigenvalue weighted by atomic mass is 16.2. The molecule has 1 saturated carbocycles. The van der Waals surface area contributed by atoms with Gasteiger partial charge in [0.05, 0.1) is 16.8 Å². The van der Waals surface area contributed by atoms with Gasteiger partial charge in [0.25, 0.3) is 0 Å². The Bertz CT molecular complexity index is 725. The Balaban J connectivity index is 1.46. The quantitative estimate of drug-likeness (QED) is 0.837. The van der Waals surface area contributed by atoms with Crippen molar-refractivity contribution in [1.82, 2.24) is 14.8 Å². The minimum absolute atomic E-state index is 0.127. The molecular weight excluding hydrogens is 328 g/mol. The van der Waals surface area contributed by atoms with Crippen LogP contribution in [0.25, 0.3) is 0 Å². The standard InChI is InChI=1S/C20H28N4O2/c1-14-4-5-17-18(21-14)20(19(26)22-17)8-6-16(7-9-20)24-11-3-10-23(12-13-24)15(2)25/h4-5,16H,3,6-13H2,1-2H3,(H,22,26). The van der Waals surface area contributed by atoms with Crippen molar-refractivity contribution in [2.45, 2.75) is 57.4 Å². The lowest BCUT2D eigenvalue weighted by atomic mass is 9.70. The summed E-state index contributed by atoms with van der Waals surface area (Å²) in [6.45, 7) is 7.31. The fourth-order valence-corrected chi connectivity index (χ4v) is 4.91. The van der Waals surface area contributed by atoms with Crippen LogP contribution in [0.1, 0.15) is 50.4 Å². The second-order valence-corrected chi connectivity index (χ2v) is 8.01. The molecular formula is C20H28N4O2. The Kier molecular flexibility index (Phi) is 4.47. The van der Waals surface area contributed by atoms with Gasteiger partial charge in [0.2, 0.25) is 11.8 Å². The average molecular weight is 356 g/mol. The normalized spacial score (nSPS) is 29.4. The monoisotopic (exact) mass is 356 g/mol. The van der Waals surface area contributed by atoms with Crippen LogP contribution >= 0.6 is 0 Å². The lowest BCUT2D eigenvalue weighted by molar-refractivity contribution is -0.128. The van der Waals surface area contributed by atoms with Crippen LogP contribution < -0.4 is 5.32 Å². The second-order valence-electron chi connectivity index (χ2n) is 8.01. The Labute approximate surface area is 155 Å². The maximum absolute atomic E-state index is 12.8. The average Bonchev–Trinajstić information content (AvgIpc) is 2.81. The molecule has 3 heterocycles. The molecule has 2 fully saturated rings. The molecule has 1 aliphatic carbocycles. The van der Waals surface area contributed by atoms with Crippen LogP contribution in [0.4, 0.5) is 5.69 Å². The summed E-state index contributed by atoms with van der Waals surface area (Å²) in [6, 6.07) is 4.46. The first kappa shape index (κ1) is 17.5. The third-order valence-electron chi connectivity index (χ3n) is 6.47. The summed E-state index contributed by atoms with van der Waals surface area (Å²) in [7, 11) is 0. The smallest absolute Gasteiger partial charge is 0.236 e. The number of nitrogens with zero attached hydrogens (tertiary/aromatic N) is 3. The van der Waals surface area contributed by atoms with E-state index in [2.05, 4.69) is 10.2 Å². The van der Waals surface area contributed by atoms with Gasteiger partial charge in [-0.1, -0.05) is 0 Å². The zero-order valence-electron chi connectivity index (χ0n) is 15.8. The molecule has 1 aromatic rings. The van der Waals surface area contributed by atoms with Gasteiger partial charge in [-0.2, -0.15) is 0 Å². The SMILES string of the molecule is CC(=O)N1CCCN(C2CCC3(CC2)C(=O)Nc2ccc(C)nc23)CC1. The number of aryl methyl sites for hydroxylation is 1. The molecule has 1 saturated heterocycles. The van der Waals surface area contributed by atoms with Crippen LogP contribution in [0.2, 0.25) is 0 Å². The molecule has 1 N–H and O–H groups in total. The number of carbonyl (C=O) groups excluding carboxylic acids is 2. The Morgan fingerprint density at radius 3 is 2.69 bits per heavy atom. The van der Waals surface area contributed by atoms with Crippen molar-refractivity contribution < 1.29 is 9.59 Å². The van der Waals surface area contributed by atoms with Gasteiger partial charge in [0, 0.05) is 44.8 Å². The second kappa shape index (κ2) is 6.65. The van der Waals surface area contributed by atoms with E-state index in [9.17, 15) is 9.59 Å². The van der Waals surface area contributed by atoms with E-state index >= 15 is 0 Å². The van der Waals surface area contributed by atoms with Crippen molar-refractivity contribution in [1.29, 1.82) is 0 Å². The molecule has 1 spiro atoms. The van der Waals surface area contributed by atoms with E-state index in [4.69, 9.17) is 4.98 Å². The number of anilines is 1. The topological polar surface area (TPSA) is 65.5 Å². The molecule has 0 bridgehead atoms.